The zero-order valence-electron chi connectivity index (χ0n) is 7.43. The summed E-state index contributed by atoms with van der Waals surface area (Å²) in [7, 11) is 1.78. The Morgan fingerprint density at radius 3 is 2.77 bits per heavy atom. The van der Waals surface area contributed by atoms with E-state index in [2.05, 4.69) is 5.32 Å². The number of hydrogen-bond acceptors (Lipinski definition) is 3. The van der Waals surface area contributed by atoms with Crippen LogP contribution < -0.4 is 5.32 Å². The first-order valence-electron chi connectivity index (χ1n) is 3.74. The molecule has 0 unspecified atom stereocenters. The molecule has 0 aliphatic heterocycles. The van der Waals surface area contributed by atoms with Gasteiger partial charge in [0, 0.05) is 17.8 Å². The fraction of sp³-hybridized carbons (Fsp3) is 0.222. The van der Waals surface area contributed by atoms with Gasteiger partial charge in [-0.1, -0.05) is 23.4 Å². The van der Waals surface area contributed by atoms with Gasteiger partial charge in [-0.2, -0.15) is 0 Å². The number of carbonyl (C=O) groups excluding carboxylic acids is 1. The summed E-state index contributed by atoms with van der Waals surface area (Å²) in [4.78, 5) is 11.4. The molecule has 2 nitrogen and oxygen atoms in total. The molecule has 13 heavy (non-hydrogen) atoms. The predicted octanol–water partition coefficient (Wildman–Crippen LogP) is 2.88. The van der Waals surface area contributed by atoms with Crippen LogP contribution in [0, 0.1) is 0 Å². The molecule has 1 aromatic carbocycles. The van der Waals surface area contributed by atoms with Crippen LogP contribution in [0.25, 0.3) is 0 Å². The molecule has 0 radical (unpaired) electrons. The van der Waals surface area contributed by atoms with Gasteiger partial charge in [-0.25, -0.2) is 0 Å². The second-order valence-corrected chi connectivity index (χ2v) is 3.65. The predicted molar refractivity (Wildman–Crippen MR) is 58.8 cm³/mol. The van der Waals surface area contributed by atoms with Crippen molar-refractivity contribution in [3.63, 3.8) is 0 Å². The Hall–Kier alpha value is -0.670. The largest absolute Gasteiger partial charge is 0.388 e. The summed E-state index contributed by atoms with van der Waals surface area (Å²) in [5.41, 5.74) is 1.44. The van der Waals surface area contributed by atoms with Crippen molar-refractivity contribution in [2.75, 3.05) is 18.6 Å². The van der Waals surface area contributed by atoms with Crippen molar-refractivity contribution in [1.82, 2.24) is 0 Å². The zero-order valence-corrected chi connectivity index (χ0v) is 9.00. The van der Waals surface area contributed by atoms with Crippen LogP contribution in [-0.2, 0) is 0 Å². The molecule has 4 heteroatoms. The van der Waals surface area contributed by atoms with Crippen LogP contribution in [0.3, 0.4) is 0 Å². The first-order valence-corrected chi connectivity index (χ1v) is 5.35. The molecule has 1 rings (SSSR count). The summed E-state index contributed by atoms with van der Waals surface area (Å²) < 4.78 is 0. The Kier molecular flexibility index (Phi) is 3.63. The van der Waals surface area contributed by atoms with E-state index in [1.807, 2.05) is 0 Å². The minimum absolute atomic E-state index is 0.0202. The molecule has 0 atom stereocenters. The number of thioether (sulfide) groups is 1. The average Bonchev–Trinajstić information content (AvgIpc) is 2.16. The summed E-state index contributed by atoms with van der Waals surface area (Å²) in [5, 5.41) is 3.55. The van der Waals surface area contributed by atoms with Gasteiger partial charge in [0.15, 0.2) is 0 Å². The van der Waals surface area contributed by atoms with Gasteiger partial charge in [0.25, 0.3) is 0 Å². The van der Waals surface area contributed by atoms with E-state index in [-0.39, 0.29) is 5.12 Å². The van der Waals surface area contributed by atoms with E-state index >= 15 is 0 Å². The van der Waals surface area contributed by atoms with Gasteiger partial charge < -0.3 is 5.32 Å². The van der Waals surface area contributed by atoms with Crippen LogP contribution in [0.4, 0.5) is 5.69 Å². The molecule has 0 aliphatic rings. The lowest BCUT2D eigenvalue weighted by Crippen LogP contribution is -1.99. The average molecular weight is 216 g/mol. The highest BCUT2D eigenvalue weighted by molar-refractivity contribution is 8.13. The van der Waals surface area contributed by atoms with Gasteiger partial charge in [-0.05, 0) is 24.5 Å². The SMILES string of the molecule is CNc1ccc(Cl)cc1C(=O)SC. The quantitative estimate of drug-likeness (QED) is 0.823. The maximum atomic E-state index is 11.4. The molecule has 0 saturated carbocycles. The maximum Gasteiger partial charge on any atom is 0.221 e. The third-order valence-electron chi connectivity index (χ3n) is 1.66. The Morgan fingerprint density at radius 1 is 1.54 bits per heavy atom. The van der Waals surface area contributed by atoms with E-state index in [4.69, 9.17) is 11.6 Å². The van der Waals surface area contributed by atoms with E-state index in [1.54, 1.807) is 31.5 Å². The van der Waals surface area contributed by atoms with Crippen LogP contribution in [0.5, 0.6) is 0 Å². The standard InChI is InChI=1S/C9H10ClNOS/c1-11-8-4-3-6(10)5-7(8)9(12)13-2/h3-5,11H,1-2H3. The number of hydrogen-bond donors (Lipinski definition) is 1. The van der Waals surface area contributed by atoms with E-state index in [0.717, 1.165) is 5.69 Å². The van der Waals surface area contributed by atoms with Gasteiger partial charge in [0.1, 0.15) is 0 Å². The smallest absolute Gasteiger partial charge is 0.221 e. The van der Waals surface area contributed by atoms with Crippen molar-refractivity contribution >= 4 is 34.2 Å². The number of rotatable bonds is 2. The second-order valence-electron chi connectivity index (χ2n) is 2.43. The van der Waals surface area contributed by atoms with Gasteiger partial charge in [0.2, 0.25) is 5.12 Å². The van der Waals surface area contributed by atoms with Gasteiger partial charge in [0.05, 0.1) is 5.56 Å². The molecule has 70 valence electrons. The van der Waals surface area contributed by atoms with Crippen molar-refractivity contribution in [2.45, 2.75) is 0 Å². The third kappa shape index (κ3) is 2.39. The minimum atomic E-state index is 0.0202. The normalized spacial score (nSPS) is 9.77. The third-order valence-corrected chi connectivity index (χ3v) is 2.48. The monoisotopic (exact) mass is 215 g/mol. The maximum absolute atomic E-state index is 11.4. The van der Waals surface area contributed by atoms with E-state index < -0.39 is 0 Å². The van der Waals surface area contributed by atoms with Crippen molar-refractivity contribution < 1.29 is 4.79 Å². The number of nitrogens with one attached hydrogen (secondary N) is 1. The van der Waals surface area contributed by atoms with Gasteiger partial charge in [-0.3, -0.25) is 4.79 Å². The van der Waals surface area contributed by atoms with Gasteiger partial charge in [-0.15, -0.1) is 0 Å². The Labute approximate surface area is 86.7 Å². The molecule has 0 aromatic heterocycles. The molecule has 0 bridgehead atoms. The molecular formula is C9H10ClNOS. The molecule has 1 aromatic rings. The number of benzene rings is 1. The molecule has 0 heterocycles. The highest BCUT2D eigenvalue weighted by Gasteiger charge is 2.09. The molecule has 0 aliphatic carbocycles. The minimum Gasteiger partial charge on any atom is -0.388 e. The molecule has 0 amide bonds. The van der Waals surface area contributed by atoms with Crippen LogP contribution in [0.2, 0.25) is 5.02 Å². The number of halogens is 1. The Bertz CT molecular complexity index is 327. The van der Waals surface area contributed by atoms with Gasteiger partial charge >= 0.3 is 0 Å². The van der Waals surface area contributed by atoms with Crippen LogP contribution in [0.15, 0.2) is 18.2 Å². The lowest BCUT2D eigenvalue weighted by molar-refractivity contribution is 0.109. The molecule has 0 fully saturated rings. The summed E-state index contributed by atoms with van der Waals surface area (Å²) in [6.45, 7) is 0. The second kappa shape index (κ2) is 4.53. The molecule has 0 spiro atoms. The lowest BCUT2D eigenvalue weighted by Gasteiger charge is -2.06. The fourth-order valence-corrected chi connectivity index (χ4v) is 1.57. The Balaban J connectivity index is 3.15. The fourth-order valence-electron chi connectivity index (χ4n) is 1.01. The van der Waals surface area contributed by atoms with Crippen molar-refractivity contribution in [3.05, 3.63) is 28.8 Å². The topological polar surface area (TPSA) is 29.1 Å². The van der Waals surface area contributed by atoms with Crippen LogP contribution >= 0.6 is 23.4 Å². The molecular weight excluding hydrogens is 206 g/mol. The highest BCUT2D eigenvalue weighted by atomic mass is 35.5. The molecule has 1 N–H and O–H groups in total. The number of carbonyl (C=O) groups is 1. The van der Waals surface area contributed by atoms with E-state index in [0.29, 0.717) is 10.6 Å². The van der Waals surface area contributed by atoms with Crippen LogP contribution in [0.1, 0.15) is 10.4 Å². The summed E-state index contributed by atoms with van der Waals surface area (Å²) in [6.07, 6.45) is 1.75. The molecule has 0 saturated heterocycles. The van der Waals surface area contributed by atoms with E-state index in [1.165, 1.54) is 11.8 Å². The van der Waals surface area contributed by atoms with Crippen LogP contribution in [-0.4, -0.2) is 18.4 Å². The highest BCUT2D eigenvalue weighted by Crippen LogP contribution is 2.23. The first-order chi connectivity index (χ1) is 6.19. The van der Waals surface area contributed by atoms with E-state index in [9.17, 15) is 4.79 Å². The first kappa shape index (κ1) is 10.4. The van der Waals surface area contributed by atoms with Crippen molar-refractivity contribution in [2.24, 2.45) is 0 Å². The van der Waals surface area contributed by atoms with Crippen molar-refractivity contribution in [1.29, 1.82) is 0 Å². The summed E-state index contributed by atoms with van der Waals surface area (Å²) in [6, 6.07) is 5.22. The summed E-state index contributed by atoms with van der Waals surface area (Å²) in [5.74, 6) is 0. The number of anilines is 1. The summed E-state index contributed by atoms with van der Waals surface area (Å²) >= 11 is 6.96. The lowest BCUT2D eigenvalue weighted by atomic mass is 10.2. The van der Waals surface area contributed by atoms with Crippen molar-refractivity contribution in [3.8, 4) is 0 Å². The zero-order chi connectivity index (χ0) is 9.84. The Morgan fingerprint density at radius 2 is 2.23 bits per heavy atom.